The average Bonchev–Trinajstić information content (AvgIpc) is 3.44. The molecule has 0 spiro atoms. The van der Waals surface area contributed by atoms with Gasteiger partial charge in [0.25, 0.3) is 0 Å². The van der Waals surface area contributed by atoms with Gasteiger partial charge < -0.3 is 4.90 Å². The van der Waals surface area contributed by atoms with Crippen molar-refractivity contribution in [2.24, 2.45) is 0 Å². The summed E-state index contributed by atoms with van der Waals surface area (Å²) in [5.74, 6) is 0. The molecule has 1 aromatic heterocycles. The molecule has 2 heteroatoms. The van der Waals surface area contributed by atoms with E-state index in [2.05, 4.69) is 169 Å². The van der Waals surface area contributed by atoms with E-state index in [0.29, 0.717) is 0 Å². The Morgan fingerprint density at radius 1 is 0.333 bits per heavy atom. The average molecular weight is 554 g/mol. The van der Waals surface area contributed by atoms with Gasteiger partial charge in [0.2, 0.25) is 0 Å². The summed E-state index contributed by atoms with van der Waals surface area (Å²) >= 11 is 1.86. The number of anilines is 3. The molecule has 8 aromatic rings. The van der Waals surface area contributed by atoms with Crippen LogP contribution in [0.25, 0.3) is 53.2 Å². The lowest BCUT2D eigenvalue weighted by Crippen LogP contribution is -2.09. The molecule has 1 nitrogen and oxygen atoms in total. The molecule has 0 aliphatic carbocycles. The second kappa shape index (κ2) is 10.3. The Balaban J connectivity index is 1.19. The van der Waals surface area contributed by atoms with Crippen LogP contribution in [-0.2, 0) is 0 Å². The zero-order valence-corrected chi connectivity index (χ0v) is 23.8. The van der Waals surface area contributed by atoms with Gasteiger partial charge in [0, 0.05) is 37.2 Å². The maximum absolute atomic E-state index is 2.34. The third-order valence-electron chi connectivity index (χ3n) is 8.04. The van der Waals surface area contributed by atoms with Crippen LogP contribution in [0.15, 0.2) is 164 Å². The van der Waals surface area contributed by atoms with E-state index >= 15 is 0 Å². The van der Waals surface area contributed by atoms with Crippen molar-refractivity contribution in [1.29, 1.82) is 0 Å². The highest BCUT2D eigenvalue weighted by Crippen LogP contribution is 2.39. The van der Waals surface area contributed by atoms with E-state index in [1.807, 2.05) is 11.3 Å². The van der Waals surface area contributed by atoms with Crippen LogP contribution in [0.2, 0.25) is 0 Å². The molecule has 0 N–H and O–H groups in total. The summed E-state index contributed by atoms with van der Waals surface area (Å²) in [6, 6.07) is 59.2. The van der Waals surface area contributed by atoms with Crippen LogP contribution < -0.4 is 4.90 Å². The minimum atomic E-state index is 1.13. The summed E-state index contributed by atoms with van der Waals surface area (Å²) in [5.41, 5.74) is 8.26. The second-order valence-corrected chi connectivity index (χ2v) is 11.7. The minimum absolute atomic E-state index is 1.13. The lowest BCUT2D eigenvalue weighted by atomic mass is 10.00. The van der Waals surface area contributed by atoms with E-state index in [9.17, 15) is 0 Å². The van der Waals surface area contributed by atoms with Crippen molar-refractivity contribution in [2.45, 2.75) is 0 Å². The van der Waals surface area contributed by atoms with E-state index < -0.39 is 0 Å². The maximum atomic E-state index is 2.34. The van der Waals surface area contributed by atoms with Crippen molar-refractivity contribution in [2.75, 3.05) is 4.90 Å². The van der Waals surface area contributed by atoms with Crippen LogP contribution >= 0.6 is 11.3 Å². The predicted molar refractivity (Wildman–Crippen MR) is 182 cm³/mol. The fourth-order valence-electron chi connectivity index (χ4n) is 5.93. The van der Waals surface area contributed by atoms with Crippen LogP contribution in [-0.4, -0.2) is 0 Å². The van der Waals surface area contributed by atoms with Crippen molar-refractivity contribution >= 4 is 59.3 Å². The van der Waals surface area contributed by atoms with Gasteiger partial charge in [-0.05, 0) is 93.7 Å². The largest absolute Gasteiger partial charge is 0.310 e. The molecule has 1 heterocycles. The minimum Gasteiger partial charge on any atom is -0.310 e. The quantitative estimate of drug-likeness (QED) is 0.205. The highest BCUT2D eigenvalue weighted by atomic mass is 32.1. The molecular weight excluding hydrogens is 527 g/mol. The molecule has 0 amide bonds. The summed E-state index contributed by atoms with van der Waals surface area (Å²) in [6.45, 7) is 0. The molecule has 0 unspecified atom stereocenters. The first kappa shape index (κ1) is 24.6. The molecule has 0 aliphatic heterocycles. The van der Waals surface area contributed by atoms with Gasteiger partial charge in [0.05, 0.1) is 0 Å². The number of nitrogens with zero attached hydrogens (tertiary/aromatic N) is 1. The molecule has 8 rings (SSSR count). The zero-order chi connectivity index (χ0) is 27.9. The van der Waals surface area contributed by atoms with Crippen molar-refractivity contribution in [1.82, 2.24) is 0 Å². The first-order valence-corrected chi connectivity index (χ1v) is 15.1. The van der Waals surface area contributed by atoms with Crippen LogP contribution in [0, 0.1) is 0 Å². The molecule has 0 aliphatic rings. The first-order valence-electron chi connectivity index (χ1n) is 14.3. The van der Waals surface area contributed by atoms with E-state index in [4.69, 9.17) is 0 Å². The van der Waals surface area contributed by atoms with Crippen molar-refractivity contribution in [3.63, 3.8) is 0 Å². The lowest BCUT2D eigenvalue weighted by molar-refractivity contribution is 1.28. The van der Waals surface area contributed by atoms with Gasteiger partial charge in [-0.3, -0.25) is 0 Å². The number of rotatable bonds is 5. The molecule has 0 saturated heterocycles. The Hall–Kier alpha value is -5.18. The number of fused-ring (bicyclic) bond motifs is 4. The summed E-state index contributed by atoms with van der Waals surface area (Å²) in [7, 11) is 0. The number of para-hydroxylation sites is 1. The summed E-state index contributed by atoms with van der Waals surface area (Å²) < 4.78 is 2.67. The topological polar surface area (TPSA) is 3.24 Å². The summed E-state index contributed by atoms with van der Waals surface area (Å²) in [4.78, 5) is 2.34. The van der Waals surface area contributed by atoms with Gasteiger partial charge >= 0.3 is 0 Å². The molecule has 0 atom stereocenters. The Morgan fingerprint density at radius 2 is 0.952 bits per heavy atom. The third-order valence-corrected chi connectivity index (χ3v) is 9.19. The Labute approximate surface area is 249 Å². The lowest BCUT2D eigenvalue weighted by Gasteiger charge is -2.26. The monoisotopic (exact) mass is 553 g/mol. The van der Waals surface area contributed by atoms with Crippen molar-refractivity contribution < 1.29 is 0 Å². The number of hydrogen-bond acceptors (Lipinski definition) is 2. The second-order valence-electron chi connectivity index (χ2n) is 10.6. The van der Waals surface area contributed by atoms with Crippen LogP contribution in [0.3, 0.4) is 0 Å². The van der Waals surface area contributed by atoms with Crippen LogP contribution in [0.1, 0.15) is 0 Å². The fraction of sp³-hybridized carbons (Fsp3) is 0. The van der Waals surface area contributed by atoms with Gasteiger partial charge in [-0.2, -0.15) is 0 Å². The maximum Gasteiger partial charge on any atom is 0.0467 e. The van der Waals surface area contributed by atoms with Crippen LogP contribution in [0.5, 0.6) is 0 Å². The van der Waals surface area contributed by atoms with Gasteiger partial charge in [-0.1, -0.05) is 103 Å². The molecule has 0 radical (unpaired) electrons. The van der Waals surface area contributed by atoms with E-state index in [-0.39, 0.29) is 0 Å². The van der Waals surface area contributed by atoms with Crippen LogP contribution in [0.4, 0.5) is 17.1 Å². The fourth-order valence-corrected chi connectivity index (χ4v) is 7.01. The Morgan fingerprint density at radius 3 is 1.83 bits per heavy atom. The standard InChI is InChI=1S/C40H27NS/c1-2-12-34(13-3-1)41(36-14-8-11-31(26-36)32-18-17-28-9-4-5-10-30(28)25-32)35-22-19-29(20-23-35)33-21-24-40-38(27-33)37-15-6-7-16-39(37)42-40/h1-27H. The highest BCUT2D eigenvalue weighted by Gasteiger charge is 2.14. The number of benzene rings is 7. The van der Waals surface area contributed by atoms with E-state index in [0.717, 1.165) is 17.1 Å². The van der Waals surface area contributed by atoms with Gasteiger partial charge in [-0.15, -0.1) is 11.3 Å². The molecule has 0 fully saturated rings. The van der Waals surface area contributed by atoms with Gasteiger partial charge in [-0.25, -0.2) is 0 Å². The van der Waals surface area contributed by atoms with Gasteiger partial charge in [0.15, 0.2) is 0 Å². The molecule has 198 valence electrons. The predicted octanol–water partition coefficient (Wildman–Crippen LogP) is 12.0. The number of hydrogen-bond donors (Lipinski definition) is 0. The Kier molecular flexibility index (Phi) is 6.05. The van der Waals surface area contributed by atoms with Gasteiger partial charge in [0.1, 0.15) is 0 Å². The Bertz CT molecular complexity index is 2190. The molecular formula is C40H27NS. The summed E-state index contributed by atoms with van der Waals surface area (Å²) in [6.07, 6.45) is 0. The van der Waals surface area contributed by atoms with Crippen molar-refractivity contribution in [3.8, 4) is 22.3 Å². The molecule has 7 aromatic carbocycles. The molecule has 0 saturated carbocycles. The SMILES string of the molecule is c1ccc(N(c2ccc(-c3ccc4sc5ccccc5c4c3)cc2)c2cccc(-c3ccc4ccccc4c3)c2)cc1. The summed E-state index contributed by atoms with van der Waals surface area (Å²) in [5, 5.41) is 5.17. The molecule has 42 heavy (non-hydrogen) atoms. The normalized spacial score (nSPS) is 11.3. The third kappa shape index (κ3) is 4.43. The van der Waals surface area contributed by atoms with Crippen molar-refractivity contribution in [3.05, 3.63) is 164 Å². The smallest absolute Gasteiger partial charge is 0.0467 e. The van der Waals surface area contributed by atoms with E-state index in [1.54, 1.807) is 0 Å². The van der Waals surface area contributed by atoms with E-state index in [1.165, 1.54) is 53.2 Å². The zero-order valence-electron chi connectivity index (χ0n) is 22.9. The molecule has 0 bridgehead atoms. The first-order chi connectivity index (χ1) is 20.8. The number of thiophene rings is 1. The highest BCUT2D eigenvalue weighted by molar-refractivity contribution is 7.25.